The van der Waals surface area contributed by atoms with E-state index < -0.39 is 0 Å². The maximum Gasteiger partial charge on any atom is 0.126 e. The summed E-state index contributed by atoms with van der Waals surface area (Å²) in [5, 5.41) is 0. The lowest BCUT2D eigenvalue weighted by molar-refractivity contribution is 0.556. The third-order valence-corrected chi connectivity index (χ3v) is 2.95. The molecule has 2 aromatic rings. The summed E-state index contributed by atoms with van der Waals surface area (Å²) in [7, 11) is 0. The topological polar surface area (TPSA) is 39.2 Å². The van der Waals surface area contributed by atoms with Crippen LogP contribution in [0, 0.1) is 0 Å². The number of furan rings is 1. The zero-order valence-corrected chi connectivity index (χ0v) is 8.94. The molecule has 1 heterocycles. The normalized spacial score (nSPS) is 16.6. The highest BCUT2D eigenvalue weighted by Crippen LogP contribution is 2.29. The van der Waals surface area contributed by atoms with Gasteiger partial charge in [0.2, 0.25) is 0 Å². The standard InChI is InChI=1S/C14H13NO/c15-13-4-3-11-6-10(7-12(11)9-13)8-14-2-1-5-16-14/h1-5,8-9H,6-7,15H2/b10-8-. The SMILES string of the molecule is Nc1ccc2c(c1)C/C(=C\c1ccco1)C2. The first kappa shape index (κ1) is 9.28. The average molecular weight is 211 g/mol. The number of benzene rings is 1. The van der Waals surface area contributed by atoms with E-state index in [9.17, 15) is 0 Å². The lowest BCUT2D eigenvalue weighted by Gasteiger charge is -1.97. The lowest BCUT2D eigenvalue weighted by atomic mass is 10.1. The van der Waals surface area contributed by atoms with Crippen molar-refractivity contribution in [1.29, 1.82) is 0 Å². The maximum atomic E-state index is 5.77. The van der Waals surface area contributed by atoms with Gasteiger partial charge in [-0.2, -0.15) is 0 Å². The molecule has 1 aromatic heterocycles. The largest absolute Gasteiger partial charge is 0.465 e. The van der Waals surface area contributed by atoms with Crippen molar-refractivity contribution in [1.82, 2.24) is 0 Å². The van der Waals surface area contributed by atoms with Gasteiger partial charge in [0.1, 0.15) is 5.76 Å². The number of fused-ring (bicyclic) bond motifs is 1. The van der Waals surface area contributed by atoms with Gasteiger partial charge in [-0.25, -0.2) is 0 Å². The molecule has 1 aliphatic carbocycles. The van der Waals surface area contributed by atoms with Crippen LogP contribution in [0.1, 0.15) is 16.9 Å². The number of hydrogen-bond acceptors (Lipinski definition) is 2. The summed E-state index contributed by atoms with van der Waals surface area (Å²) in [5.41, 5.74) is 10.7. The number of anilines is 1. The molecule has 2 heteroatoms. The fourth-order valence-corrected chi connectivity index (χ4v) is 2.21. The molecule has 0 saturated carbocycles. The minimum absolute atomic E-state index is 0.845. The molecule has 0 atom stereocenters. The van der Waals surface area contributed by atoms with Crippen molar-refractivity contribution in [2.45, 2.75) is 12.8 Å². The molecule has 0 aliphatic heterocycles. The second-order valence-corrected chi connectivity index (χ2v) is 4.20. The van der Waals surface area contributed by atoms with Gasteiger partial charge in [0.25, 0.3) is 0 Å². The summed E-state index contributed by atoms with van der Waals surface area (Å²) in [6, 6.07) is 10.0. The van der Waals surface area contributed by atoms with E-state index in [0.29, 0.717) is 0 Å². The van der Waals surface area contributed by atoms with Gasteiger partial charge in [0.05, 0.1) is 6.26 Å². The maximum absolute atomic E-state index is 5.77. The second-order valence-electron chi connectivity index (χ2n) is 4.20. The fraction of sp³-hybridized carbons (Fsp3) is 0.143. The van der Waals surface area contributed by atoms with E-state index in [-0.39, 0.29) is 0 Å². The van der Waals surface area contributed by atoms with Crippen LogP contribution in [0.3, 0.4) is 0 Å². The Kier molecular flexibility index (Phi) is 2.07. The molecule has 0 bridgehead atoms. The molecule has 0 saturated heterocycles. The van der Waals surface area contributed by atoms with Crippen LogP contribution < -0.4 is 5.73 Å². The zero-order valence-electron chi connectivity index (χ0n) is 8.94. The van der Waals surface area contributed by atoms with Crippen LogP contribution >= 0.6 is 0 Å². The average Bonchev–Trinajstić information content (AvgIpc) is 2.86. The molecule has 0 fully saturated rings. The van der Waals surface area contributed by atoms with Gasteiger partial charge in [0.15, 0.2) is 0 Å². The predicted molar refractivity (Wildman–Crippen MR) is 64.9 cm³/mol. The first-order chi connectivity index (χ1) is 7.81. The molecule has 0 amide bonds. The van der Waals surface area contributed by atoms with Crippen LogP contribution in [-0.4, -0.2) is 0 Å². The first-order valence-corrected chi connectivity index (χ1v) is 5.41. The Morgan fingerprint density at radius 1 is 1.12 bits per heavy atom. The van der Waals surface area contributed by atoms with Crippen LogP contribution in [-0.2, 0) is 12.8 Å². The van der Waals surface area contributed by atoms with Gasteiger partial charge in [-0.3, -0.25) is 0 Å². The van der Waals surface area contributed by atoms with Gasteiger partial charge >= 0.3 is 0 Å². The molecular weight excluding hydrogens is 198 g/mol. The molecule has 2 nitrogen and oxygen atoms in total. The predicted octanol–water partition coefficient (Wildman–Crippen LogP) is 3.04. The molecule has 16 heavy (non-hydrogen) atoms. The molecule has 0 spiro atoms. The molecule has 1 aromatic carbocycles. The Bertz CT molecular complexity index is 538. The Hall–Kier alpha value is -1.96. The molecule has 80 valence electrons. The number of allylic oxidation sites excluding steroid dienone is 1. The highest BCUT2D eigenvalue weighted by Gasteiger charge is 2.15. The van der Waals surface area contributed by atoms with Gasteiger partial charge in [-0.15, -0.1) is 0 Å². The summed E-state index contributed by atoms with van der Waals surface area (Å²) in [5.74, 6) is 0.927. The second kappa shape index (κ2) is 3.56. The Labute approximate surface area is 94.4 Å². The van der Waals surface area contributed by atoms with Crippen molar-refractivity contribution in [2.24, 2.45) is 0 Å². The number of nitrogens with two attached hydrogens (primary N) is 1. The summed E-state index contributed by atoms with van der Waals surface area (Å²) >= 11 is 0. The van der Waals surface area contributed by atoms with E-state index in [1.165, 1.54) is 16.7 Å². The van der Waals surface area contributed by atoms with Crippen LogP contribution in [0.25, 0.3) is 6.08 Å². The van der Waals surface area contributed by atoms with Gasteiger partial charge in [0, 0.05) is 5.69 Å². The Balaban J connectivity index is 1.91. The summed E-state index contributed by atoms with van der Waals surface area (Å²) in [6.45, 7) is 0. The van der Waals surface area contributed by atoms with Gasteiger partial charge in [-0.05, 0) is 54.3 Å². The molecule has 0 radical (unpaired) electrons. The van der Waals surface area contributed by atoms with Gasteiger partial charge < -0.3 is 10.2 Å². The van der Waals surface area contributed by atoms with Crippen LogP contribution in [0.2, 0.25) is 0 Å². The highest BCUT2D eigenvalue weighted by atomic mass is 16.3. The van der Waals surface area contributed by atoms with Crippen molar-refractivity contribution in [2.75, 3.05) is 5.73 Å². The van der Waals surface area contributed by atoms with E-state index in [1.807, 2.05) is 18.2 Å². The van der Waals surface area contributed by atoms with Crippen LogP contribution in [0.15, 0.2) is 46.6 Å². The van der Waals surface area contributed by atoms with Crippen LogP contribution in [0.4, 0.5) is 5.69 Å². The van der Waals surface area contributed by atoms with E-state index in [4.69, 9.17) is 10.2 Å². The van der Waals surface area contributed by atoms with E-state index in [2.05, 4.69) is 18.2 Å². The fourth-order valence-electron chi connectivity index (χ4n) is 2.21. The number of rotatable bonds is 1. The third-order valence-electron chi connectivity index (χ3n) is 2.95. The molecular formula is C14H13NO. The summed E-state index contributed by atoms with van der Waals surface area (Å²) in [4.78, 5) is 0. The van der Waals surface area contributed by atoms with E-state index >= 15 is 0 Å². The van der Waals surface area contributed by atoms with E-state index in [0.717, 1.165) is 24.3 Å². The molecule has 0 unspecified atom stereocenters. The summed E-state index contributed by atoms with van der Waals surface area (Å²) < 4.78 is 5.32. The van der Waals surface area contributed by atoms with Crippen molar-refractivity contribution in [3.05, 3.63) is 59.1 Å². The van der Waals surface area contributed by atoms with Crippen LogP contribution in [0.5, 0.6) is 0 Å². The Morgan fingerprint density at radius 3 is 2.81 bits per heavy atom. The van der Waals surface area contributed by atoms with Crippen molar-refractivity contribution < 1.29 is 4.42 Å². The highest BCUT2D eigenvalue weighted by molar-refractivity contribution is 5.57. The minimum atomic E-state index is 0.845. The van der Waals surface area contributed by atoms with Crippen molar-refractivity contribution >= 4 is 11.8 Å². The number of nitrogen functional groups attached to an aromatic ring is 1. The summed E-state index contributed by atoms with van der Waals surface area (Å²) in [6.07, 6.45) is 5.82. The van der Waals surface area contributed by atoms with E-state index in [1.54, 1.807) is 6.26 Å². The third kappa shape index (κ3) is 1.63. The molecule has 1 aliphatic rings. The monoisotopic (exact) mass is 211 g/mol. The molecule has 3 rings (SSSR count). The zero-order chi connectivity index (χ0) is 11.0. The lowest BCUT2D eigenvalue weighted by Crippen LogP contribution is -1.87. The quantitative estimate of drug-likeness (QED) is 0.736. The van der Waals surface area contributed by atoms with Crippen molar-refractivity contribution in [3.8, 4) is 0 Å². The van der Waals surface area contributed by atoms with Gasteiger partial charge in [-0.1, -0.05) is 11.6 Å². The molecule has 2 N–H and O–H groups in total. The smallest absolute Gasteiger partial charge is 0.126 e. The first-order valence-electron chi connectivity index (χ1n) is 5.41. The minimum Gasteiger partial charge on any atom is -0.465 e. The number of hydrogen-bond donors (Lipinski definition) is 1. The van der Waals surface area contributed by atoms with Crippen molar-refractivity contribution in [3.63, 3.8) is 0 Å². The Morgan fingerprint density at radius 2 is 2.00 bits per heavy atom.